The van der Waals surface area contributed by atoms with Gasteiger partial charge in [-0.25, -0.2) is 0 Å². The van der Waals surface area contributed by atoms with Crippen LogP contribution in [0.1, 0.15) is 56.8 Å². The Morgan fingerprint density at radius 2 is 1.74 bits per heavy atom. The number of fused-ring (bicyclic) bond motifs is 1. The van der Waals surface area contributed by atoms with Gasteiger partial charge in [0.2, 0.25) is 0 Å². The molecule has 2 rings (SSSR count). The first-order valence-corrected chi connectivity index (χ1v) is 7.77. The molecule has 0 heterocycles. The van der Waals surface area contributed by atoms with Crippen molar-refractivity contribution >= 4 is 0 Å². The van der Waals surface area contributed by atoms with Crippen LogP contribution in [0, 0.1) is 0 Å². The summed E-state index contributed by atoms with van der Waals surface area (Å²) in [6, 6.07) is 8.65. The number of hydrogen-bond acceptors (Lipinski definition) is 2. The Hall–Kier alpha value is -0.860. The van der Waals surface area contributed by atoms with Crippen LogP contribution < -0.4 is 0 Å². The van der Waals surface area contributed by atoms with Crippen molar-refractivity contribution in [2.24, 2.45) is 0 Å². The third-order valence-corrected chi connectivity index (χ3v) is 4.23. The molecule has 1 aliphatic rings. The van der Waals surface area contributed by atoms with Crippen molar-refractivity contribution in [1.82, 2.24) is 4.90 Å². The highest BCUT2D eigenvalue weighted by atomic mass is 16.3. The second-order valence-corrected chi connectivity index (χ2v) is 5.66. The molecule has 106 valence electrons. The summed E-state index contributed by atoms with van der Waals surface area (Å²) in [6.45, 7) is 6.70. The van der Waals surface area contributed by atoms with E-state index < -0.39 is 0 Å². The molecule has 1 N–H and O–H groups in total. The van der Waals surface area contributed by atoms with Crippen LogP contribution in [0.5, 0.6) is 0 Å². The van der Waals surface area contributed by atoms with E-state index >= 15 is 0 Å². The fraction of sp³-hybridized carbons (Fsp3) is 0.647. The van der Waals surface area contributed by atoms with Gasteiger partial charge < -0.3 is 5.11 Å². The summed E-state index contributed by atoms with van der Waals surface area (Å²) in [5.74, 6) is 0. The number of rotatable bonds is 7. The predicted molar refractivity (Wildman–Crippen MR) is 80.3 cm³/mol. The Balaban J connectivity index is 2.06. The van der Waals surface area contributed by atoms with Crippen LogP contribution >= 0.6 is 0 Å². The van der Waals surface area contributed by atoms with Crippen LogP contribution in [0.3, 0.4) is 0 Å². The first-order chi connectivity index (χ1) is 9.27. The Labute approximate surface area is 117 Å². The van der Waals surface area contributed by atoms with E-state index in [-0.39, 0.29) is 12.1 Å². The highest BCUT2D eigenvalue weighted by molar-refractivity contribution is 5.35. The molecule has 1 aliphatic carbocycles. The molecule has 19 heavy (non-hydrogen) atoms. The quantitative estimate of drug-likeness (QED) is 0.811. The van der Waals surface area contributed by atoms with E-state index in [1.807, 2.05) is 6.07 Å². The summed E-state index contributed by atoms with van der Waals surface area (Å²) in [4.78, 5) is 2.51. The maximum atomic E-state index is 10.6. The summed E-state index contributed by atoms with van der Waals surface area (Å²) in [6.07, 6.45) is 5.60. The molecule has 0 saturated heterocycles. The van der Waals surface area contributed by atoms with Gasteiger partial charge in [0.15, 0.2) is 0 Å². The van der Waals surface area contributed by atoms with Gasteiger partial charge in [-0.15, -0.1) is 0 Å². The monoisotopic (exact) mass is 261 g/mol. The van der Waals surface area contributed by atoms with Gasteiger partial charge in [-0.3, -0.25) is 4.90 Å². The van der Waals surface area contributed by atoms with E-state index in [0.717, 1.165) is 25.1 Å². The zero-order valence-electron chi connectivity index (χ0n) is 12.3. The van der Waals surface area contributed by atoms with Gasteiger partial charge in [0, 0.05) is 6.04 Å². The Morgan fingerprint density at radius 3 is 2.32 bits per heavy atom. The van der Waals surface area contributed by atoms with Gasteiger partial charge in [0.1, 0.15) is 0 Å². The van der Waals surface area contributed by atoms with Crippen LogP contribution in [-0.4, -0.2) is 29.1 Å². The van der Waals surface area contributed by atoms with E-state index in [1.54, 1.807) is 0 Å². The van der Waals surface area contributed by atoms with Crippen LogP contribution in [0.15, 0.2) is 24.3 Å². The topological polar surface area (TPSA) is 23.5 Å². The summed E-state index contributed by atoms with van der Waals surface area (Å²) in [5, 5.41) is 10.6. The minimum absolute atomic E-state index is 0.287. The van der Waals surface area contributed by atoms with Crippen molar-refractivity contribution in [3.63, 3.8) is 0 Å². The van der Waals surface area contributed by atoms with E-state index in [1.165, 1.54) is 31.2 Å². The standard InChI is InChI=1S/C17H27NO/c1-3-5-11-18(12-6-4-2)16-13-14-9-7-8-10-15(14)17(16)19/h7-10,16-17,19H,3-6,11-13H2,1-2H3/t16-,17+/m1/s1. The lowest BCUT2D eigenvalue weighted by atomic mass is 10.1. The number of hydrogen-bond donors (Lipinski definition) is 1. The van der Waals surface area contributed by atoms with Crippen molar-refractivity contribution < 1.29 is 5.11 Å². The molecular formula is C17H27NO. The molecule has 0 unspecified atom stereocenters. The third-order valence-electron chi connectivity index (χ3n) is 4.23. The molecule has 0 bridgehead atoms. The number of nitrogens with zero attached hydrogens (tertiary/aromatic N) is 1. The molecule has 1 aromatic carbocycles. The lowest BCUT2D eigenvalue weighted by Gasteiger charge is -2.31. The van der Waals surface area contributed by atoms with E-state index in [2.05, 4.69) is 36.9 Å². The van der Waals surface area contributed by atoms with Gasteiger partial charge in [-0.1, -0.05) is 51.0 Å². The molecular weight excluding hydrogens is 234 g/mol. The van der Waals surface area contributed by atoms with Gasteiger partial charge in [0.25, 0.3) is 0 Å². The van der Waals surface area contributed by atoms with Crippen molar-refractivity contribution in [3.8, 4) is 0 Å². The van der Waals surface area contributed by atoms with Crippen LogP contribution in [0.4, 0.5) is 0 Å². The fourth-order valence-corrected chi connectivity index (χ4v) is 3.05. The maximum Gasteiger partial charge on any atom is 0.0951 e. The Bertz CT molecular complexity index is 383. The van der Waals surface area contributed by atoms with Gasteiger partial charge in [-0.2, -0.15) is 0 Å². The molecule has 1 aromatic rings. The zero-order chi connectivity index (χ0) is 13.7. The molecule has 2 nitrogen and oxygen atoms in total. The SMILES string of the molecule is CCCCN(CCCC)[C@@H]1Cc2ccccc2[C@@H]1O. The second kappa shape index (κ2) is 7.06. The highest BCUT2D eigenvalue weighted by Crippen LogP contribution is 2.34. The molecule has 0 fully saturated rings. The third kappa shape index (κ3) is 3.37. The van der Waals surface area contributed by atoms with Gasteiger partial charge in [0.05, 0.1) is 6.10 Å². The minimum Gasteiger partial charge on any atom is -0.387 e. The van der Waals surface area contributed by atoms with Crippen molar-refractivity contribution in [2.45, 2.75) is 58.1 Å². The summed E-state index contributed by atoms with van der Waals surface area (Å²) in [7, 11) is 0. The largest absolute Gasteiger partial charge is 0.387 e. The number of benzene rings is 1. The Kier molecular flexibility index (Phi) is 5.41. The molecule has 0 amide bonds. The average Bonchev–Trinajstić information content (AvgIpc) is 2.77. The lowest BCUT2D eigenvalue weighted by molar-refractivity contribution is 0.0587. The molecule has 0 radical (unpaired) electrons. The number of aliphatic hydroxyl groups excluding tert-OH is 1. The normalized spacial score (nSPS) is 21.9. The molecule has 0 aliphatic heterocycles. The lowest BCUT2D eigenvalue weighted by Crippen LogP contribution is -2.39. The molecule has 0 aromatic heterocycles. The summed E-state index contributed by atoms with van der Waals surface area (Å²) >= 11 is 0. The second-order valence-electron chi connectivity index (χ2n) is 5.66. The van der Waals surface area contributed by atoms with Crippen molar-refractivity contribution in [2.75, 3.05) is 13.1 Å². The van der Waals surface area contributed by atoms with Gasteiger partial charge in [-0.05, 0) is 43.5 Å². The number of aliphatic hydroxyl groups is 1. The van der Waals surface area contributed by atoms with E-state index in [9.17, 15) is 5.11 Å². The van der Waals surface area contributed by atoms with Crippen molar-refractivity contribution in [3.05, 3.63) is 35.4 Å². The van der Waals surface area contributed by atoms with Crippen LogP contribution in [0.25, 0.3) is 0 Å². The zero-order valence-corrected chi connectivity index (χ0v) is 12.3. The fourth-order valence-electron chi connectivity index (χ4n) is 3.05. The molecule has 0 spiro atoms. The summed E-state index contributed by atoms with van der Waals surface area (Å²) < 4.78 is 0. The molecule has 0 saturated carbocycles. The average molecular weight is 261 g/mol. The van der Waals surface area contributed by atoms with E-state index in [4.69, 9.17) is 0 Å². The summed E-state index contributed by atoms with van der Waals surface area (Å²) in [5.41, 5.74) is 2.48. The first kappa shape index (κ1) is 14.5. The number of unbranched alkanes of at least 4 members (excludes halogenated alkanes) is 2. The minimum atomic E-state index is -0.301. The van der Waals surface area contributed by atoms with Crippen molar-refractivity contribution in [1.29, 1.82) is 0 Å². The first-order valence-electron chi connectivity index (χ1n) is 7.77. The predicted octanol–water partition coefficient (Wildman–Crippen LogP) is 3.55. The van der Waals surface area contributed by atoms with Crippen LogP contribution in [-0.2, 0) is 6.42 Å². The Morgan fingerprint density at radius 1 is 1.11 bits per heavy atom. The molecule has 2 heteroatoms. The smallest absolute Gasteiger partial charge is 0.0951 e. The highest BCUT2D eigenvalue weighted by Gasteiger charge is 2.34. The van der Waals surface area contributed by atoms with E-state index in [0.29, 0.717) is 0 Å². The van der Waals surface area contributed by atoms with Gasteiger partial charge >= 0.3 is 0 Å². The maximum absolute atomic E-state index is 10.6. The molecule has 2 atom stereocenters. The van der Waals surface area contributed by atoms with Crippen LogP contribution in [0.2, 0.25) is 0 Å².